The Morgan fingerprint density at radius 3 is 2.12 bits per heavy atom. The van der Waals surface area contributed by atoms with Crippen molar-refractivity contribution < 1.29 is 19.1 Å². The highest BCUT2D eigenvalue weighted by atomic mass is 16.8. The Labute approximate surface area is 295 Å². The Morgan fingerprint density at radius 2 is 1.47 bits per heavy atom. The summed E-state index contributed by atoms with van der Waals surface area (Å²) in [7, 11) is 0. The summed E-state index contributed by atoms with van der Waals surface area (Å²) in [5.74, 6) is 1.51. The molecule has 8 heteroatoms. The van der Waals surface area contributed by atoms with Crippen LogP contribution in [-0.2, 0) is 32.2 Å². The normalized spacial score (nSPS) is 19.2. The van der Waals surface area contributed by atoms with Crippen LogP contribution in [0, 0.1) is 17.8 Å². The van der Waals surface area contributed by atoms with Gasteiger partial charge in [0.05, 0.1) is 12.3 Å². The first kappa shape index (κ1) is 37.3. The van der Waals surface area contributed by atoms with Gasteiger partial charge in [-0.25, -0.2) is 4.84 Å². The zero-order valence-corrected chi connectivity index (χ0v) is 30.4. The molecule has 0 bridgehead atoms. The number of piperidine rings is 1. The summed E-state index contributed by atoms with van der Waals surface area (Å²) in [6, 6.07) is 17.2. The highest BCUT2D eigenvalue weighted by Gasteiger charge is 2.32. The molecule has 2 aliphatic carbocycles. The van der Waals surface area contributed by atoms with E-state index in [2.05, 4.69) is 90.0 Å². The number of nitrogens with one attached hydrogen (secondary N) is 3. The highest BCUT2D eigenvalue weighted by molar-refractivity contribution is 5.76. The molecule has 49 heavy (non-hydrogen) atoms. The van der Waals surface area contributed by atoms with Gasteiger partial charge in [-0.2, -0.15) is 0 Å². The first-order valence-electron chi connectivity index (χ1n) is 19.1. The van der Waals surface area contributed by atoms with E-state index in [-0.39, 0.29) is 24.4 Å². The molecule has 1 heterocycles. The molecule has 1 aliphatic heterocycles. The SMILES string of the molecule is C=C(NOC(C)OCC(C)C)c1ccc(N2CCC(CNCc3ccc(CN[C@H](C(=O)OC4CCCC4)C4CCCCC4)cc3)CC2)cc1. The second kappa shape index (κ2) is 19.5. The fraction of sp³-hybridized carbons (Fsp3) is 0.634. The lowest BCUT2D eigenvalue weighted by Gasteiger charge is -2.34. The number of carbonyl (C=O) groups is 1. The van der Waals surface area contributed by atoms with Gasteiger partial charge >= 0.3 is 5.97 Å². The van der Waals surface area contributed by atoms with Crippen molar-refractivity contribution >= 4 is 17.4 Å². The minimum Gasteiger partial charge on any atom is -0.461 e. The molecule has 0 radical (unpaired) electrons. The van der Waals surface area contributed by atoms with Crippen molar-refractivity contribution in [2.45, 2.75) is 123 Å². The Balaban J connectivity index is 0.988. The van der Waals surface area contributed by atoms with Crippen LogP contribution in [0.3, 0.4) is 0 Å². The average molecular weight is 675 g/mol. The molecule has 2 atom stereocenters. The first-order chi connectivity index (χ1) is 23.8. The Hall–Kier alpha value is -2.91. The molecule has 2 aromatic rings. The van der Waals surface area contributed by atoms with Gasteiger partial charge in [0.25, 0.3) is 0 Å². The van der Waals surface area contributed by atoms with Gasteiger partial charge in [0.2, 0.25) is 0 Å². The Kier molecular flexibility index (Phi) is 14.8. The van der Waals surface area contributed by atoms with Crippen molar-refractivity contribution in [2.24, 2.45) is 17.8 Å². The van der Waals surface area contributed by atoms with Gasteiger partial charge in [0.1, 0.15) is 12.1 Å². The second-order valence-electron chi connectivity index (χ2n) is 15.0. The zero-order chi connectivity index (χ0) is 34.4. The van der Waals surface area contributed by atoms with E-state index in [1.807, 2.05) is 6.92 Å². The number of hydrogen-bond donors (Lipinski definition) is 3. The number of anilines is 1. The molecule has 0 spiro atoms. The lowest BCUT2D eigenvalue weighted by molar-refractivity contribution is -0.160. The van der Waals surface area contributed by atoms with Crippen LogP contribution in [0.15, 0.2) is 55.1 Å². The van der Waals surface area contributed by atoms with E-state index in [9.17, 15) is 4.79 Å². The van der Waals surface area contributed by atoms with Crippen LogP contribution in [0.4, 0.5) is 5.69 Å². The smallest absolute Gasteiger partial charge is 0.323 e. The van der Waals surface area contributed by atoms with Crippen LogP contribution in [0.1, 0.15) is 108 Å². The van der Waals surface area contributed by atoms with Crippen molar-refractivity contribution in [3.8, 4) is 0 Å². The van der Waals surface area contributed by atoms with Crippen molar-refractivity contribution in [1.29, 1.82) is 0 Å². The van der Waals surface area contributed by atoms with Gasteiger partial charge < -0.3 is 25.0 Å². The van der Waals surface area contributed by atoms with Gasteiger partial charge in [0, 0.05) is 31.9 Å². The minimum absolute atomic E-state index is 0.0257. The number of benzene rings is 2. The Morgan fingerprint density at radius 1 is 0.837 bits per heavy atom. The third-order valence-corrected chi connectivity index (χ3v) is 10.5. The predicted octanol–water partition coefficient (Wildman–Crippen LogP) is 7.73. The van der Waals surface area contributed by atoms with Crippen LogP contribution in [0.2, 0.25) is 0 Å². The van der Waals surface area contributed by atoms with Gasteiger partial charge in [0.15, 0.2) is 6.29 Å². The number of hydroxylamine groups is 1. The van der Waals surface area contributed by atoms with Gasteiger partial charge in [-0.15, -0.1) is 0 Å². The first-order valence-corrected chi connectivity index (χ1v) is 19.1. The molecule has 3 fully saturated rings. The zero-order valence-electron chi connectivity index (χ0n) is 30.4. The van der Waals surface area contributed by atoms with Crippen LogP contribution in [-0.4, -0.2) is 50.6 Å². The van der Waals surface area contributed by atoms with Crippen molar-refractivity contribution in [1.82, 2.24) is 16.1 Å². The fourth-order valence-electron chi connectivity index (χ4n) is 7.42. The predicted molar refractivity (Wildman–Crippen MR) is 199 cm³/mol. The number of rotatable bonds is 18. The monoisotopic (exact) mass is 674 g/mol. The summed E-state index contributed by atoms with van der Waals surface area (Å²) in [6.07, 6.45) is 12.5. The average Bonchev–Trinajstić information content (AvgIpc) is 3.64. The van der Waals surface area contributed by atoms with E-state index < -0.39 is 0 Å². The molecule has 1 unspecified atom stereocenters. The summed E-state index contributed by atoms with van der Waals surface area (Å²) in [5.41, 5.74) is 8.43. The van der Waals surface area contributed by atoms with E-state index in [1.54, 1.807) is 0 Å². The quantitative estimate of drug-likeness (QED) is 0.0842. The maximum Gasteiger partial charge on any atom is 0.323 e. The van der Waals surface area contributed by atoms with Gasteiger partial charge in [-0.3, -0.25) is 10.3 Å². The summed E-state index contributed by atoms with van der Waals surface area (Å²) >= 11 is 0. The molecule has 2 aromatic carbocycles. The molecular weight excluding hydrogens is 612 g/mol. The van der Waals surface area contributed by atoms with Crippen LogP contribution in [0.5, 0.6) is 0 Å². The van der Waals surface area contributed by atoms with Gasteiger partial charge in [-0.05, 0) is 111 Å². The summed E-state index contributed by atoms with van der Waals surface area (Å²) in [5, 5.41) is 7.32. The molecule has 3 N–H and O–H groups in total. The lowest BCUT2D eigenvalue weighted by Crippen LogP contribution is -2.45. The third-order valence-electron chi connectivity index (χ3n) is 10.5. The second-order valence-corrected chi connectivity index (χ2v) is 15.0. The van der Waals surface area contributed by atoms with Gasteiger partial charge in [-0.1, -0.05) is 76.1 Å². The third kappa shape index (κ3) is 12.1. The minimum atomic E-state index is -0.341. The van der Waals surface area contributed by atoms with E-state index in [0.717, 1.165) is 63.1 Å². The summed E-state index contributed by atoms with van der Waals surface area (Å²) < 4.78 is 11.6. The van der Waals surface area contributed by atoms with E-state index in [4.69, 9.17) is 14.3 Å². The maximum atomic E-state index is 13.2. The number of hydrogen-bond acceptors (Lipinski definition) is 8. The molecule has 1 saturated heterocycles. The number of carbonyl (C=O) groups excluding carboxylic acids is 1. The molecule has 3 aliphatic rings. The molecule has 5 rings (SSSR count). The molecule has 270 valence electrons. The van der Waals surface area contributed by atoms with Crippen LogP contribution >= 0.6 is 0 Å². The molecule has 2 saturated carbocycles. The van der Waals surface area contributed by atoms with Crippen molar-refractivity contribution in [2.75, 3.05) is 31.1 Å². The van der Waals surface area contributed by atoms with Crippen LogP contribution < -0.4 is 21.0 Å². The molecule has 0 aromatic heterocycles. The molecular formula is C41H62N4O4. The Bertz CT molecular complexity index is 1260. The number of ether oxygens (including phenoxy) is 2. The summed E-state index contributed by atoms with van der Waals surface area (Å²) in [6.45, 7) is 15.6. The van der Waals surface area contributed by atoms with Crippen molar-refractivity contribution in [3.63, 3.8) is 0 Å². The number of nitrogens with zero attached hydrogens (tertiary/aromatic N) is 1. The molecule has 8 nitrogen and oxygen atoms in total. The highest BCUT2D eigenvalue weighted by Crippen LogP contribution is 2.29. The summed E-state index contributed by atoms with van der Waals surface area (Å²) in [4.78, 5) is 21.3. The topological polar surface area (TPSA) is 84.1 Å². The van der Waals surface area contributed by atoms with Crippen LogP contribution in [0.25, 0.3) is 5.70 Å². The lowest BCUT2D eigenvalue weighted by atomic mass is 9.83. The van der Waals surface area contributed by atoms with E-state index >= 15 is 0 Å². The fourth-order valence-corrected chi connectivity index (χ4v) is 7.42. The molecule has 0 amide bonds. The van der Waals surface area contributed by atoms with E-state index in [1.165, 1.54) is 61.8 Å². The van der Waals surface area contributed by atoms with Crippen molar-refractivity contribution in [3.05, 3.63) is 71.8 Å². The largest absolute Gasteiger partial charge is 0.461 e. The standard InChI is InChI=1S/C41H62N4O4/c1-30(2)29-47-32(4)49-44-31(3)36-18-20-38(21-19-36)45-24-22-35(23-25-45)27-42-26-33-14-16-34(17-15-33)28-43-40(37-10-6-5-7-11-37)41(46)48-39-12-8-9-13-39/h14-21,30,32,35,37,39-40,42-44H,3,5-13,22-29H2,1-2,4H3/t32?,40-/m0/s1. The number of esters is 1. The van der Waals surface area contributed by atoms with E-state index in [0.29, 0.717) is 30.9 Å². The maximum absolute atomic E-state index is 13.2.